The van der Waals surface area contributed by atoms with Crippen LogP contribution in [0.15, 0.2) is 35.9 Å². The Morgan fingerprint density at radius 3 is 2.35 bits per heavy atom. The molecule has 37 heavy (non-hydrogen) atoms. The van der Waals surface area contributed by atoms with Gasteiger partial charge in [-0.1, -0.05) is 42.5 Å². The Morgan fingerprint density at radius 1 is 1.00 bits per heavy atom. The van der Waals surface area contributed by atoms with Gasteiger partial charge in [0.15, 0.2) is 0 Å². The largest absolute Gasteiger partial charge is 0.389 e. The zero-order chi connectivity index (χ0) is 26.6. The molecule has 0 bridgehead atoms. The predicted molar refractivity (Wildman–Crippen MR) is 153 cm³/mol. The molecule has 0 aromatic heterocycles. The standard InChI is InChI=1S/C34H49NO2/c1-7-35(8-2)25-12-9-23(10-13-25)29-22-33(6)30(17-18-34(33,37)20-19-32(3,4)5)28-15-11-24-21-26(36)14-16-27(24)31(28)29/h9-10,12-13,21,26-31,36-37H,7-8,11,14-18,22H2,1-6H3/t26?,27-,28-,29+,30-,31+,33-,34+/m0/s1. The summed E-state index contributed by atoms with van der Waals surface area (Å²) in [7, 11) is 0. The molecule has 4 aliphatic rings. The Kier molecular flexibility index (Phi) is 7.08. The number of hydrogen-bond acceptors (Lipinski definition) is 3. The molecular formula is C34H49NO2. The average Bonchev–Trinajstić information content (AvgIpc) is 3.13. The molecule has 3 heteroatoms. The molecule has 4 aliphatic carbocycles. The molecule has 0 radical (unpaired) electrons. The molecule has 1 aromatic rings. The van der Waals surface area contributed by atoms with Gasteiger partial charge in [-0.2, -0.15) is 0 Å². The maximum Gasteiger partial charge on any atom is 0.131 e. The minimum atomic E-state index is -0.922. The monoisotopic (exact) mass is 503 g/mol. The third kappa shape index (κ3) is 4.68. The molecule has 0 saturated heterocycles. The number of allylic oxidation sites excluding steroid dienone is 1. The summed E-state index contributed by atoms with van der Waals surface area (Å²) in [5.74, 6) is 9.56. The number of benzene rings is 1. The van der Waals surface area contributed by atoms with Gasteiger partial charge in [-0.15, -0.1) is 0 Å². The first-order valence-corrected chi connectivity index (χ1v) is 15.0. The first-order valence-electron chi connectivity index (χ1n) is 15.0. The lowest BCUT2D eigenvalue weighted by Gasteiger charge is -2.58. The topological polar surface area (TPSA) is 43.7 Å². The van der Waals surface area contributed by atoms with E-state index in [2.05, 4.69) is 88.6 Å². The second-order valence-electron chi connectivity index (χ2n) is 13.8. The Morgan fingerprint density at radius 2 is 1.70 bits per heavy atom. The third-order valence-electron chi connectivity index (χ3n) is 10.7. The molecule has 3 fully saturated rings. The van der Waals surface area contributed by atoms with Crippen molar-refractivity contribution in [3.8, 4) is 11.8 Å². The zero-order valence-corrected chi connectivity index (χ0v) is 24.1. The van der Waals surface area contributed by atoms with E-state index < -0.39 is 5.60 Å². The van der Waals surface area contributed by atoms with E-state index in [1.807, 2.05) is 0 Å². The summed E-state index contributed by atoms with van der Waals surface area (Å²) in [4.78, 5) is 2.41. The third-order valence-corrected chi connectivity index (χ3v) is 10.7. The highest BCUT2D eigenvalue weighted by Gasteiger charge is 2.64. The number of nitrogens with zero attached hydrogens (tertiary/aromatic N) is 1. The van der Waals surface area contributed by atoms with Crippen molar-refractivity contribution < 1.29 is 10.2 Å². The summed E-state index contributed by atoms with van der Waals surface area (Å²) in [6, 6.07) is 9.39. The van der Waals surface area contributed by atoms with Crippen molar-refractivity contribution in [1.82, 2.24) is 0 Å². The SMILES string of the molecule is CCN(CC)c1ccc([C@H]2C[C@@]3(C)[C@@H](CC[C@@]3(O)C#CC(C)(C)C)[C@@H]3CCC4=CC(O)CC[C@@H]4[C@H]32)cc1. The number of fused-ring (bicyclic) bond motifs is 5. The maximum atomic E-state index is 12.2. The fraction of sp³-hybridized carbons (Fsp3) is 0.706. The Labute approximate surface area is 225 Å². The summed E-state index contributed by atoms with van der Waals surface area (Å²) in [6.45, 7) is 15.3. The summed E-state index contributed by atoms with van der Waals surface area (Å²) in [5, 5.41) is 22.6. The lowest BCUT2D eigenvalue weighted by molar-refractivity contribution is -0.0966. The number of rotatable bonds is 4. The summed E-state index contributed by atoms with van der Waals surface area (Å²) in [6.07, 6.45) is 9.05. The lowest BCUT2D eigenvalue weighted by Crippen LogP contribution is -2.54. The molecule has 2 N–H and O–H groups in total. The van der Waals surface area contributed by atoms with Gasteiger partial charge < -0.3 is 15.1 Å². The molecule has 0 spiro atoms. The van der Waals surface area contributed by atoms with E-state index in [9.17, 15) is 10.2 Å². The van der Waals surface area contributed by atoms with Gasteiger partial charge >= 0.3 is 0 Å². The molecule has 0 heterocycles. The second-order valence-corrected chi connectivity index (χ2v) is 13.8. The lowest BCUT2D eigenvalue weighted by atomic mass is 9.46. The highest BCUT2D eigenvalue weighted by molar-refractivity contribution is 5.48. The van der Waals surface area contributed by atoms with E-state index in [-0.39, 0.29) is 16.9 Å². The van der Waals surface area contributed by atoms with Crippen LogP contribution in [0.1, 0.15) is 98.0 Å². The van der Waals surface area contributed by atoms with Crippen LogP contribution in [-0.4, -0.2) is 35.0 Å². The maximum absolute atomic E-state index is 12.2. The highest BCUT2D eigenvalue weighted by atomic mass is 16.3. The van der Waals surface area contributed by atoms with Gasteiger partial charge in [-0.05, 0) is 127 Å². The van der Waals surface area contributed by atoms with E-state index in [1.54, 1.807) is 0 Å². The molecule has 1 aromatic carbocycles. The molecule has 5 rings (SSSR count). The molecular weight excluding hydrogens is 454 g/mol. The van der Waals surface area contributed by atoms with Crippen molar-refractivity contribution in [2.75, 3.05) is 18.0 Å². The van der Waals surface area contributed by atoms with Crippen molar-refractivity contribution >= 4 is 5.69 Å². The molecule has 3 nitrogen and oxygen atoms in total. The van der Waals surface area contributed by atoms with Crippen LogP contribution in [0.25, 0.3) is 0 Å². The van der Waals surface area contributed by atoms with E-state index in [0.717, 1.165) is 51.6 Å². The fourth-order valence-corrected chi connectivity index (χ4v) is 8.80. The summed E-state index contributed by atoms with van der Waals surface area (Å²) >= 11 is 0. The van der Waals surface area contributed by atoms with Gasteiger partial charge in [0.1, 0.15) is 5.60 Å². The molecule has 0 amide bonds. The van der Waals surface area contributed by atoms with Crippen molar-refractivity contribution in [3.05, 3.63) is 41.5 Å². The van der Waals surface area contributed by atoms with Crippen LogP contribution in [0.4, 0.5) is 5.69 Å². The van der Waals surface area contributed by atoms with Gasteiger partial charge in [0.05, 0.1) is 6.10 Å². The van der Waals surface area contributed by atoms with Crippen LogP contribution < -0.4 is 4.90 Å². The first-order chi connectivity index (χ1) is 17.5. The number of aliphatic hydroxyl groups excluding tert-OH is 1. The van der Waals surface area contributed by atoms with Crippen LogP contribution in [0.2, 0.25) is 0 Å². The van der Waals surface area contributed by atoms with Crippen LogP contribution in [0, 0.1) is 46.3 Å². The normalized spacial score (nSPS) is 39.0. The van der Waals surface area contributed by atoms with Crippen LogP contribution in [0.3, 0.4) is 0 Å². The van der Waals surface area contributed by atoms with E-state index in [4.69, 9.17) is 0 Å². The minimum Gasteiger partial charge on any atom is -0.389 e. The van der Waals surface area contributed by atoms with Crippen molar-refractivity contribution in [2.45, 2.75) is 104 Å². The predicted octanol–water partition coefficient (Wildman–Crippen LogP) is 6.94. The Balaban J connectivity index is 1.57. The molecule has 0 aliphatic heterocycles. The summed E-state index contributed by atoms with van der Waals surface area (Å²) in [5.41, 5.74) is 2.99. The van der Waals surface area contributed by atoms with Gasteiger partial charge in [0.25, 0.3) is 0 Å². The van der Waals surface area contributed by atoms with Crippen LogP contribution in [-0.2, 0) is 0 Å². The van der Waals surface area contributed by atoms with Crippen LogP contribution in [0.5, 0.6) is 0 Å². The quantitative estimate of drug-likeness (QED) is 0.345. The van der Waals surface area contributed by atoms with Gasteiger partial charge in [-0.25, -0.2) is 0 Å². The van der Waals surface area contributed by atoms with Crippen molar-refractivity contribution in [2.24, 2.45) is 34.5 Å². The van der Waals surface area contributed by atoms with Crippen molar-refractivity contribution in [3.63, 3.8) is 0 Å². The van der Waals surface area contributed by atoms with Gasteiger partial charge in [0.2, 0.25) is 0 Å². The molecule has 3 saturated carbocycles. The van der Waals surface area contributed by atoms with Crippen LogP contribution >= 0.6 is 0 Å². The van der Waals surface area contributed by atoms with E-state index in [1.165, 1.54) is 23.2 Å². The fourth-order valence-electron chi connectivity index (χ4n) is 8.80. The smallest absolute Gasteiger partial charge is 0.131 e. The van der Waals surface area contributed by atoms with Crippen molar-refractivity contribution in [1.29, 1.82) is 0 Å². The van der Waals surface area contributed by atoms with E-state index in [0.29, 0.717) is 29.6 Å². The van der Waals surface area contributed by atoms with E-state index >= 15 is 0 Å². The molecule has 8 atom stereocenters. The molecule has 202 valence electrons. The first kappa shape index (κ1) is 26.8. The molecule has 1 unspecified atom stereocenters. The Hall–Kier alpha value is -1.76. The number of aliphatic hydroxyl groups is 2. The zero-order valence-electron chi connectivity index (χ0n) is 24.1. The van der Waals surface area contributed by atoms with Gasteiger partial charge in [0, 0.05) is 29.6 Å². The average molecular weight is 504 g/mol. The second kappa shape index (κ2) is 9.77. The minimum absolute atomic E-state index is 0.117. The number of hydrogen-bond donors (Lipinski definition) is 2. The number of anilines is 1. The summed E-state index contributed by atoms with van der Waals surface area (Å²) < 4.78 is 0. The van der Waals surface area contributed by atoms with Gasteiger partial charge in [-0.3, -0.25) is 0 Å². The highest BCUT2D eigenvalue weighted by Crippen LogP contribution is 2.68. The Bertz CT molecular complexity index is 1070.